The topological polar surface area (TPSA) is 175 Å². The first kappa shape index (κ1) is 25.1. The van der Waals surface area contributed by atoms with Gasteiger partial charge in [-0.15, -0.1) is 0 Å². The zero-order valence-electron chi connectivity index (χ0n) is 21.7. The van der Waals surface area contributed by atoms with E-state index in [-0.39, 0.29) is 36.8 Å². The van der Waals surface area contributed by atoms with Crippen LogP contribution in [0.2, 0.25) is 0 Å². The molecule has 4 aliphatic rings. The van der Waals surface area contributed by atoms with Gasteiger partial charge in [-0.25, -0.2) is 9.98 Å². The van der Waals surface area contributed by atoms with E-state index in [9.17, 15) is 14.7 Å². The quantitative estimate of drug-likeness (QED) is 0.333. The number of carbonyl (C=O) groups is 2. The van der Waals surface area contributed by atoms with Gasteiger partial charge in [-0.2, -0.15) is 0 Å². The van der Waals surface area contributed by atoms with E-state index in [0.717, 1.165) is 31.2 Å². The van der Waals surface area contributed by atoms with Crippen LogP contribution in [-0.4, -0.2) is 93.7 Å². The second kappa shape index (κ2) is 9.53. The van der Waals surface area contributed by atoms with Crippen LogP contribution in [0.3, 0.4) is 0 Å². The van der Waals surface area contributed by atoms with E-state index in [1.807, 2.05) is 12.1 Å². The number of guanidine groups is 2. The Balaban J connectivity index is 1.24. The lowest BCUT2D eigenvalue weighted by molar-refractivity contribution is 0.0117. The van der Waals surface area contributed by atoms with Crippen molar-refractivity contribution in [2.75, 3.05) is 20.1 Å². The summed E-state index contributed by atoms with van der Waals surface area (Å²) in [6.07, 6.45) is 4.45. The number of nitrogens with zero attached hydrogens (tertiary/aromatic N) is 5. The van der Waals surface area contributed by atoms with Crippen LogP contribution in [0.15, 0.2) is 52.6 Å². The van der Waals surface area contributed by atoms with Crippen LogP contribution in [0.25, 0.3) is 0 Å². The van der Waals surface area contributed by atoms with E-state index in [2.05, 4.69) is 31.7 Å². The molecule has 4 heterocycles. The molecule has 12 nitrogen and oxygen atoms in total. The third-order valence-corrected chi connectivity index (χ3v) is 8.30. The molecule has 2 aromatic rings. The molecule has 1 unspecified atom stereocenters. The molecule has 5 atom stereocenters. The lowest BCUT2D eigenvalue weighted by Gasteiger charge is -2.46. The minimum Gasteiger partial charge on any atom is -0.386 e. The van der Waals surface area contributed by atoms with Crippen LogP contribution in [0, 0.1) is 0 Å². The number of aryl methyl sites for hydroxylation is 1. The molecule has 3 aliphatic heterocycles. The lowest BCUT2D eigenvalue weighted by Crippen LogP contribution is -2.73. The van der Waals surface area contributed by atoms with Crippen molar-refractivity contribution >= 4 is 23.7 Å². The molecule has 1 fully saturated rings. The van der Waals surface area contributed by atoms with E-state index < -0.39 is 29.9 Å². The number of hydrogen-bond donors (Lipinski definition) is 5. The summed E-state index contributed by atoms with van der Waals surface area (Å²) in [6, 6.07) is 9.07. The van der Waals surface area contributed by atoms with Gasteiger partial charge < -0.3 is 37.0 Å². The van der Waals surface area contributed by atoms with Crippen LogP contribution < -0.4 is 22.1 Å². The first-order chi connectivity index (χ1) is 18.8. The summed E-state index contributed by atoms with van der Waals surface area (Å²) in [7, 11) is 1.66. The third-order valence-electron chi connectivity index (χ3n) is 8.30. The predicted molar refractivity (Wildman–Crippen MR) is 145 cm³/mol. The molecule has 0 bridgehead atoms. The number of pyridine rings is 1. The van der Waals surface area contributed by atoms with Crippen molar-refractivity contribution in [3.05, 3.63) is 65.0 Å². The number of aromatic nitrogens is 1. The molecule has 2 amide bonds. The molecule has 39 heavy (non-hydrogen) atoms. The lowest BCUT2D eigenvalue weighted by atomic mass is 9.87. The molecule has 1 aromatic heterocycles. The van der Waals surface area contributed by atoms with Crippen molar-refractivity contribution in [2.45, 2.75) is 55.6 Å². The minimum atomic E-state index is -1.20. The fourth-order valence-corrected chi connectivity index (χ4v) is 6.48. The first-order valence-electron chi connectivity index (χ1n) is 13.3. The molecule has 0 radical (unpaired) electrons. The maximum absolute atomic E-state index is 13.5. The summed E-state index contributed by atoms with van der Waals surface area (Å²) in [5.74, 6) is -0.181. The van der Waals surface area contributed by atoms with Crippen LogP contribution >= 0.6 is 0 Å². The van der Waals surface area contributed by atoms with Gasteiger partial charge in [-0.05, 0) is 55.0 Å². The monoisotopic (exact) mass is 531 g/mol. The van der Waals surface area contributed by atoms with E-state index in [1.54, 1.807) is 36.3 Å². The number of benzene rings is 1. The van der Waals surface area contributed by atoms with Gasteiger partial charge in [0.2, 0.25) is 0 Å². The van der Waals surface area contributed by atoms with Gasteiger partial charge in [0.05, 0.1) is 12.1 Å². The van der Waals surface area contributed by atoms with E-state index in [0.29, 0.717) is 11.3 Å². The van der Waals surface area contributed by atoms with Gasteiger partial charge >= 0.3 is 0 Å². The Morgan fingerprint density at radius 2 is 2.00 bits per heavy atom. The highest BCUT2D eigenvalue weighted by atomic mass is 16.3. The maximum Gasteiger partial charge on any atom is 0.272 e. The molecular weight excluding hydrogens is 498 g/mol. The van der Waals surface area contributed by atoms with Gasteiger partial charge in [-0.1, -0.05) is 18.2 Å². The number of amides is 2. The summed E-state index contributed by atoms with van der Waals surface area (Å²) in [5.41, 5.74) is 14.6. The van der Waals surface area contributed by atoms with Gasteiger partial charge in [0.15, 0.2) is 17.6 Å². The van der Waals surface area contributed by atoms with E-state index in [1.165, 1.54) is 10.5 Å². The summed E-state index contributed by atoms with van der Waals surface area (Å²) >= 11 is 0. The molecule has 204 valence electrons. The van der Waals surface area contributed by atoms with Crippen LogP contribution in [0.5, 0.6) is 0 Å². The number of aliphatic hydroxyl groups excluding tert-OH is 1. The normalized spacial score (nSPS) is 28.8. The van der Waals surface area contributed by atoms with E-state index in [4.69, 9.17) is 11.5 Å². The van der Waals surface area contributed by atoms with Gasteiger partial charge in [0.25, 0.3) is 11.8 Å². The van der Waals surface area contributed by atoms with E-state index >= 15 is 0 Å². The Morgan fingerprint density at radius 3 is 2.79 bits per heavy atom. The summed E-state index contributed by atoms with van der Waals surface area (Å²) in [4.78, 5) is 43.0. The maximum atomic E-state index is 13.5. The Labute approximate surface area is 226 Å². The van der Waals surface area contributed by atoms with Crippen LogP contribution in [0.4, 0.5) is 0 Å². The fraction of sp³-hybridized carbons (Fsp3) is 0.444. The smallest absolute Gasteiger partial charge is 0.272 e. The molecule has 1 aliphatic carbocycles. The highest BCUT2D eigenvalue weighted by Crippen LogP contribution is 2.40. The minimum absolute atomic E-state index is 0.141. The number of carbonyl (C=O) groups excluding carboxylic acids is 2. The number of rotatable bonds is 5. The molecule has 1 saturated heterocycles. The Kier molecular flexibility index (Phi) is 6.13. The Morgan fingerprint density at radius 1 is 1.18 bits per heavy atom. The van der Waals surface area contributed by atoms with Crippen LogP contribution in [-0.2, 0) is 12.8 Å². The zero-order chi connectivity index (χ0) is 27.3. The molecule has 0 saturated carbocycles. The zero-order valence-corrected chi connectivity index (χ0v) is 21.7. The largest absolute Gasteiger partial charge is 0.386 e. The molecule has 6 rings (SSSR count). The highest BCUT2D eigenvalue weighted by Gasteiger charge is 2.65. The number of hydrogen-bond acceptors (Lipinski definition) is 10. The summed E-state index contributed by atoms with van der Waals surface area (Å²) < 4.78 is 0. The van der Waals surface area contributed by atoms with Gasteiger partial charge in [0.1, 0.15) is 17.8 Å². The van der Waals surface area contributed by atoms with Crippen molar-refractivity contribution in [1.82, 2.24) is 25.4 Å². The van der Waals surface area contributed by atoms with Crippen molar-refractivity contribution in [3.63, 3.8) is 0 Å². The number of fused-ring (bicyclic) bond motifs is 1. The average Bonchev–Trinajstić information content (AvgIpc) is 3.44. The van der Waals surface area contributed by atoms with Gasteiger partial charge in [0, 0.05) is 31.9 Å². The van der Waals surface area contributed by atoms with Crippen molar-refractivity contribution in [1.29, 1.82) is 0 Å². The highest BCUT2D eigenvalue weighted by molar-refractivity contribution is 5.97. The second-order valence-corrected chi connectivity index (χ2v) is 10.7. The molecule has 1 spiro atoms. The Hall–Kier alpha value is -4.19. The van der Waals surface area contributed by atoms with Crippen LogP contribution in [0.1, 0.15) is 44.8 Å². The van der Waals surface area contributed by atoms with Crippen molar-refractivity contribution in [3.8, 4) is 0 Å². The number of aliphatic hydroxyl groups is 1. The summed E-state index contributed by atoms with van der Waals surface area (Å²) in [6.45, 7) is 0.397. The SMILES string of the molecule is CN(C[C@@H]1N=C(N)N2CC(NC(=O)c3cccc4c3CCCC4)[C@@H](O)[C@@]23NC(N)=N[C@@H]13)C(=O)c1ccccn1. The van der Waals surface area contributed by atoms with Crippen molar-refractivity contribution in [2.24, 2.45) is 21.5 Å². The standard InChI is InChI=1S/C27H33N9O3/c1-35(24(39)18-11-4-5-12-30-18)13-19-21-27(34-25(28)33-21)22(37)20(14-36(27)26(29)32-19)31-23(38)17-10-6-8-15-7-2-3-9-16(15)17/h4-6,8,10-12,19-22,37H,2-3,7,9,13-14H2,1H3,(H2,29,32)(H,31,38)(H3,28,33,34)/t19-,20?,21-,22+,27-/m0/s1. The molecule has 12 heteroatoms. The number of nitrogens with two attached hydrogens (primary N) is 2. The molecule has 1 aromatic carbocycles. The molecule has 7 N–H and O–H groups in total. The predicted octanol–water partition coefficient (Wildman–Crippen LogP) is -0.813. The molecular formula is C27H33N9O3. The number of aliphatic imine (C=N–C) groups is 2. The fourth-order valence-electron chi connectivity index (χ4n) is 6.48. The first-order valence-corrected chi connectivity index (χ1v) is 13.3. The van der Waals surface area contributed by atoms with Gasteiger partial charge in [-0.3, -0.25) is 14.6 Å². The summed E-state index contributed by atoms with van der Waals surface area (Å²) in [5, 5.41) is 17.9. The number of nitrogens with one attached hydrogen (secondary N) is 2. The average molecular weight is 532 g/mol. The second-order valence-electron chi connectivity index (χ2n) is 10.7. The third kappa shape index (κ3) is 4.06. The number of likely N-dealkylation sites (N-methyl/N-ethyl adjacent to an activating group) is 1. The van der Waals surface area contributed by atoms with Crippen molar-refractivity contribution < 1.29 is 14.7 Å². The Bertz CT molecular complexity index is 1360.